The van der Waals surface area contributed by atoms with Crippen LogP contribution in [-0.4, -0.2) is 6.04 Å². The molecule has 1 aliphatic carbocycles. The van der Waals surface area contributed by atoms with Gasteiger partial charge in [-0.2, -0.15) is 0 Å². The first-order valence-corrected chi connectivity index (χ1v) is 6.97. The van der Waals surface area contributed by atoms with E-state index in [-0.39, 0.29) is 0 Å². The molecule has 0 fully saturated rings. The van der Waals surface area contributed by atoms with Gasteiger partial charge in [-0.3, -0.25) is 0 Å². The van der Waals surface area contributed by atoms with Gasteiger partial charge in [0.2, 0.25) is 0 Å². The normalized spacial score (nSPS) is 23.0. The first-order chi connectivity index (χ1) is 9.92. The van der Waals surface area contributed by atoms with E-state index in [0.717, 1.165) is 16.9 Å². The Labute approximate surface area is 116 Å². The molecule has 2 aliphatic rings. The van der Waals surface area contributed by atoms with Crippen molar-refractivity contribution < 1.29 is 4.42 Å². The van der Waals surface area contributed by atoms with Crippen molar-refractivity contribution in [3.8, 4) is 0 Å². The second kappa shape index (κ2) is 3.54. The summed E-state index contributed by atoms with van der Waals surface area (Å²) in [5.41, 5.74) is 4.44. The molecule has 96 valence electrons. The van der Waals surface area contributed by atoms with Crippen molar-refractivity contribution in [1.82, 2.24) is 0 Å². The molecule has 0 saturated heterocycles. The smallest absolute Gasteiger partial charge is 0.158 e. The van der Waals surface area contributed by atoms with Crippen molar-refractivity contribution in [1.29, 1.82) is 0 Å². The molecule has 0 amide bonds. The lowest BCUT2D eigenvalue weighted by atomic mass is 9.91. The fourth-order valence-corrected chi connectivity index (χ4v) is 3.44. The van der Waals surface area contributed by atoms with Crippen LogP contribution < -0.4 is 5.32 Å². The number of fused-ring (bicyclic) bond motifs is 7. The van der Waals surface area contributed by atoms with Crippen molar-refractivity contribution in [2.45, 2.75) is 12.0 Å². The quantitative estimate of drug-likeness (QED) is 0.638. The SMILES string of the molecule is C1=CC2Nc3c(ccc4c3oc3ccccc34)C2C=C1. The van der Waals surface area contributed by atoms with Gasteiger partial charge in [0.1, 0.15) is 5.58 Å². The third kappa shape index (κ3) is 1.19. The molecule has 2 unspecified atom stereocenters. The second-order valence-corrected chi connectivity index (χ2v) is 5.47. The lowest BCUT2D eigenvalue weighted by Gasteiger charge is -2.15. The summed E-state index contributed by atoms with van der Waals surface area (Å²) in [6, 6.07) is 13.0. The minimum Gasteiger partial charge on any atom is -0.454 e. The van der Waals surface area contributed by atoms with Gasteiger partial charge in [-0.25, -0.2) is 0 Å². The Morgan fingerprint density at radius 2 is 1.80 bits per heavy atom. The van der Waals surface area contributed by atoms with Gasteiger partial charge < -0.3 is 9.73 Å². The second-order valence-electron chi connectivity index (χ2n) is 5.47. The average Bonchev–Trinajstić information content (AvgIpc) is 3.05. The Bertz CT molecular complexity index is 900. The van der Waals surface area contributed by atoms with E-state index in [0.29, 0.717) is 12.0 Å². The molecular weight excluding hydrogens is 246 g/mol. The number of hydrogen-bond acceptors (Lipinski definition) is 2. The van der Waals surface area contributed by atoms with Gasteiger partial charge in [0.05, 0.1) is 11.7 Å². The standard InChI is InChI=1S/C18H13NO/c1-3-7-15-11(5-1)13-9-10-14-12-6-2-4-8-16(12)20-18(14)17(13)19-15/h1-11,15,19H. The number of hydrogen-bond donors (Lipinski definition) is 1. The summed E-state index contributed by atoms with van der Waals surface area (Å²) in [4.78, 5) is 0. The van der Waals surface area contributed by atoms with Gasteiger partial charge >= 0.3 is 0 Å². The highest BCUT2D eigenvalue weighted by atomic mass is 16.3. The van der Waals surface area contributed by atoms with Crippen LogP contribution in [0.2, 0.25) is 0 Å². The molecule has 2 nitrogen and oxygen atoms in total. The summed E-state index contributed by atoms with van der Waals surface area (Å²) in [6.45, 7) is 0. The Morgan fingerprint density at radius 3 is 2.80 bits per heavy atom. The Kier molecular flexibility index (Phi) is 1.83. The molecule has 1 aliphatic heterocycles. The monoisotopic (exact) mass is 259 g/mol. The van der Waals surface area contributed by atoms with Gasteiger partial charge in [0, 0.05) is 16.7 Å². The van der Waals surface area contributed by atoms with E-state index in [9.17, 15) is 0 Å². The van der Waals surface area contributed by atoms with Crippen LogP contribution in [0.1, 0.15) is 11.5 Å². The third-order valence-electron chi connectivity index (χ3n) is 4.38. The van der Waals surface area contributed by atoms with Crippen LogP contribution in [0.4, 0.5) is 5.69 Å². The van der Waals surface area contributed by atoms with Crippen LogP contribution in [-0.2, 0) is 0 Å². The maximum Gasteiger partial charge on any atom is 0.158 e. The summed E-state index contributed by atoms with van der Waals surface area (Å²) in [5, 5.41) is 5.99. The zero-order valence-corrected chi connectivity index (χ0v) is 10.8. The van der Waals surface area contributed by atoms with E-state index < -0.39 is 0 Å². The maximum absolute atomic E-state index is 6.09. The molecule has 2 atom stereocenters. The number of benzene rings is 2. The van der Waals surface area contributed by atoms with Crippen LogP contribution in [0.5, 0.6) is 0 Å². The number of para-hydroxylation sites is 1. The average molecular weight is 259 g/mol. The number of anilines is 1. The molecule has 2 heteroatoms. The van der Waals surface area contributed by atoms with Gasteiger partial charge in [0.15, 0.2) is 5.58 Å². The van der Waals surface area contributed by atoms with E-state index in [2.05, 4.69) is 53.9 Å². The Hall–Kier alpha value is -2.48. The highest BCUT2D eigenvalue weighted by Crippen LogP contribution is 2.45. The maximum atomic E-state index is 6.09. The zero-order valence-electron chi connectivity index (χ0n) is 10.8. The minimum absolute atomic E-state index is 0.355. The first-order valence-electron chi connectivity index (χ1n) is 6.97. The Morgan fingerprint density at radius 1 is 0.900 bits per heavy atom. The summed E-state index contributed by atoms with van der Waals surface area (Å²) < 4.78 is 6.09. The molecule has 3 aromatic rings. The van der Waals surface area contributed by atoms with Crippen molar-refractivity contribution in [2.75, 3.05) is 5.32 Å². The fraction of sp³-hybridized carbons (Fsp3) is 0.111. The largest absolute Gasteiger partial charge is 0.454 e. The van der Waals surface area contributed by atoms with Gasteiger partial charge in [-0.05, 0) is 11.6 Å². The van der Waals surface area contributed by atoms with E-state index >= 15 is 0 Å². The lowest BCUT2D eigenvalue weighted by Crippen LogP contribution is -2.17. The third-order valence-corrected chi connectivity index (χ3v) is 4.38. The summed E-state index contributed by atoms with van der Waals surface area (Å²) in [6.07, 6.45) is 8.72. The van der Waals surface area contributed by atoms with Crippen LogP contribution >= 0.6 is 0 Å². The molecule has 0 radical (unpaired) electrons. The van der Waals surface area contributed by atoms with Crippen molar-refractivity contribution in [3.63, 3.8) is 0 Å². The number of nitrogens with one attached hydrogen (secondary N) is 1. The molecule has 0 spiro atoms. The molecular formula is C18H13NO. The summed E-state index contributed by atoms with van der Waals surface area (Å²) in [5.74, 6) is 0.424. The first kappa shape index (κ1) is 10.3. The molecule has 0 saturated carbocycles. The van der Waals surface area contributed by atoms with Gasteiger partial charge in [-0.1, -0.05) is 54.6 Å². The van der Waals surface area contributed by atoms with Gasteiger partial charge in [-0.15, -0.1) is 0 Å². The van der Waals surface area contributed by atoms with Gasteiger partial charge in [0.25, 0.3) is 0 Å². The van der Waals surface area contributed by atoms with E-state index in [1.165, 1.54) is 16.3 Å². The van der Waals surface area contributed by atoms with Crippen LogP contribution in [0.15, 0.2) is 65.1 Å². The molecule has 1 aromatic heterocycles. The van der Waals surface area contributed by atoms with Crippen LogP contribution in [0, 0.1) is 0 Å². The Balaban J connectivity index is 1.86. The van der Waals surface area contributed by atoms with Crippen LogP contribution in [0.3, 0.4) is 0 Å². The van der Waals surface area contributed by atoms with E-state index in [1.807, 2.05) is 12.1 Å². The highest BCUT2D eigenvalue weighted by molar-refractivity contribution is 6.10. The van der Waals surface area contributed by atoms with E-state index in [4.69, 9.17) is 4.42 Å². The molecule has 2 aromatic carbocycles. The summed E-state index contributed by atoms with van der Waals surface area (Å²) in [7, 11) is 0. The van der Waals surface area contributed by atoms with Crippen molar-refractivity contribution in [3.05, 3.63) is 66.3 Å². The number of rotatable bonds is 0. The summed E-state index contributed by atoms with van der Waals surface area (Å²) >= 11 is 0. The molecule has 20 heavy (non-hydrogen) atoms. The number of allylic oxidation sites excluding steroid dienone is 2. The minimum atomic E-state index is 0.355. The van der Waals surface area contributed by atoms with Crippen molar-refractivity contribution >= 4 is 27.6 Å². The fourth-order valence-electron chi connectivity index (χ4n) is 3.44. The molecule has 2 heterocycles. The highest BCUT2D eigenvalue weighted by Gasteiger charge is 2.32. The predicted molar refractivity (Wildman–Crippen MR) is 82.2 cm³/mol. The molecule has 0 bridgehead atoms. The predicted octanol–water partition coefficient (Wildman–Crippen LogP) is 4.59. The zero-order chi connectivity index (χ0) is 13.1. The van der Waals surface area contributed by atoms with E-state index in [1.54, 1.807) is 0 Å². The molecule has 5 rings (SSSR count). The lowest BCUT2D eigenvalue weighted by molar-refractivity contribution is 0.670. The number of furan rings is 1. The van der Waals surface area contributed by atoms with Crippen LogP contribution in [0.25, 0.3) is 21.9 Å². The topological polar surface area (TPSA) is 25.2 Å². The molecule has 1 N–H and O–H groups in total. The van der Waals surface area contributed by atoms with Crippen molar-refractivity contribution in [2.24, 2.45) is 0 Å².